The van der Waals surface area contributed by atoms with Gasteiger partial charge in [-0.1, -0.05) is 25.1 Å². The summed E-state index contributed by atoms with van der Waals surface area (Å²) in [5.74, 6) is 0.528. The summed E-state index contributed by atoms with van der Waals surface area (Å²) in [6, 6.07) is 11.2. The molecular formula is C17H21NO3S. The van der Waals surface area contributed by atoms with Crippen LogP contribution >= 0.6 is 11.3 Å². The number of amides is 1. The maximum Gasteiger partial charge on any atom is 0.223 e. The minimum Gasteiger partial charge on any atom is -0.497 e. The molecule has 0 aliphatic heterocycles. The van der Waals surface area contributed by atoms with Gasteiger partial charge in [0, 0.05) is 17.3 Å². The van der Waals surface area contributed by atoms with Gasteiger partial charge in [0.1, 0.15) is 5.75 Å². The van der Waals surface area contributed by atoms with Crippen LogP contribution in [-0.4, -0.2) is 24.7 Å². The van der Waals surface area contributed by atoms with Crippen molar-refractivity contribution >= 4 is 17.2 Å². The van der Waals surface area contributed by atoms with Crippen LogP contribution in [0.3, 0.4) is 0 Å². The van der Waals surface area contributed by atoms with E-state index >= 15 is 0 Å². The van der Waals surface area contributed by atoms with Gasteiger partial charge in [0.15, 0.2) is 0 Å². The van der Waals surface area contributed by atoms with Crippen LogP contribution in [0.5, 0.6) is 5.75 Å². The highest BCUT2D eigenvalue weighted by molar-refractivity contribution is 7.09. The van der Waals surface area contributed by atoms with E-state index in [9.17, 15) is 9.90 Å². The molecule has 4 nitrogen and oxygen atoms in total. The van der Waals surface area contributed by atoms with E-state index < -0.39 is 6.10 Å². The standard InChI is InChI=1S/C17H21NO3S/c1-12(9-15-7-4-8-22-15)17(20)18-11-16(19)13-5-3-6-14(10-13)21-2/h3-8,10,12,16,19H,9,11H2,1-2H3,(H,18,20). The maximum absolute atomic E-state index is 12.1. The smallest absolute Gasteiger partial charge is 0.223 e. The van der Waals surface area contributed by atoms with Crippen LogP contribution in [0.2, 0.25) is 0 Å². The molecule has 1 amide bonds. The van der Waals surface area contributed by atoms with Crippen LogP contribution < -0.4 is 10.1 Å². The first kappa shape index (κ1) is 16.5. The van der Waals surface area contributed by atoms with E-state index in [1.54, 1.807) is 24.5 Å². The Bertz CT molecular complexity index is 598. The Labute approximate surface area is 134 Å². The highest BCUT2D eigenvalue weighted by Gasteiger charge is 2.16. The minimum absolute atomic E-state index is 0.0460. The number of hydrogen-bond acceptors (Lipinski definition) is 4. The van der Waals surface area contributed by atoms with Crippen molar-refractivity contribution in [1.82, 2.24) is 5.32 Å². The average Bonchev–Trinajstić information content (AvgIpc) is 3.05. The second-order valence-electron chi connectivity index (χ2n) is 5.22. The van der Waals surface area contributed by atoms with Crippen molar-refractivity contribution in [2.45, 2.75) is 19.4 Å². The Morgan fingerprint density at radius 3 is 2.86 bits per heavy atom. The lowest BCUT2D eigenvalue weighted by atomic mass is 10.1. The molecule has 2 atom stereocenters. The van der Waals surface area contributed by atoms with E-state index in [0.29, 0.717) is 5.75 Å². The lowest BCUT2D eigenvalue weighted by molar-refractivity contribution is -0.124. The van der Waals surface area contributed by atoms with Crippen molar-refractivity contribution in [2.24, 2.45) is 5.92 Å². The minimum atomic E-state index is -0.743. The first-order valence-corrected chi connectivity index (χ1v) is 8.10. The molecule has 118 valence electrons. The number of benzene rings is 1. The van der Waals surface area contributed by atoms with E-state index in [2.05, 4.69) is 5.32 Å². The lowest BCUT2D eigenvalue weighted by Crippen LogP contribution is -2.33. The van der Waals surface area contributed by atoms with Crippen molar-refractivity contribution < 1.29 is 14.6 Å². The zero-order chi connectivity index (χ0) is 15.9. The molecule has 0 saturated carbocycles. The number of carbonyl (C=O) groups excluding carboxylic acids is 1. The summed E-state index contributed by atoms with van der Waals surface area (Å²) in [6.45, 7) is 2.09. The third-order valence-electron chi connectivity index (χ3n) is 3.48. The summed E-state index contributed by atoms with van der Waals surface area (Å²) in [4.78, 5) is 13.3. The highest BCUT2D eigenvalue weighted by Crippen LogP contribution is 2.19. The van der Waals surface area contributed by atoms with Crippen LogP contribution in [0.15, 0.2) is 41.8 Å². The average molecular weight is 319 g/mol. The Morgan fingerprint density at radius 1 is 1.36 bits per heavy atom. The zero-order valence-corrected chi connectivity index (χ0v) is 13.6. The quantitative estimate of drug-likeness (QED) is 0.825. The van der Waals surface area contributed by atoms with E-state index in [4.69, 9.17) is 4.74 Å². The maximum atomic E-state index is 12.1. The molecule has 2 rings (SSSR count). The van der Waals surface area contributed by atoms with Crippen molar-refractivity contribution in [3.63, 3.8) is 0 Å². The third-order valence-corrected chi connectivity index (χ3v) is 4.38. The summed E-state index contributed by atoms with van der Waals surface area (Å²) >= 11 is 1.65. The number of thiophene rings is 1. The van der Waals surface area contributed by atoms with Crippen molar-refractivity contribution in [3.05, 3.63) is 52.2 Å². The van der Waals surface area contributed by atoms with Gasteiger partial charge in [0.2, 0.25) is 5.91 Å². The Balaban J connectivity index is 1.84. The topological polar surface area (TPSA) is 58.6 Å². The van der Waals surface area contributed by atoms with Gasteiger partial charge in [-0.2, -0.15) is 0 Å². The molecule has 5 heteroatoms. The van der Waals surface area contributed by atoms with Gasteiger partial charge in [-0.05, 0) is 35.6 Å². The largest absolute Gasteiger partial charge is 0.497 e. The van der Waals surface area contributed by atoms with Gasteiger partial charge in [0.25, 0.3) is 0 Å². The zero-order valence-electron chi connectivity index (χ0n) is 12.8. The molecule has 1 aromatic carbocycles. The number of methoxy groups -OCH3 is 1. The van der Waals surface area contributed by atoms with E-state index in [0.717, 1.165) is 12.0 Å². The predicted molar refractivity (Wildman–Crippen MR) is 88.2 cm³/mol. The Hall–Kier alpha value is -1.85. The summed E-state index contributed by atoms with van der Waals surface area (Å²) in [7, 11) is 1.58. The van der Waals surface area contributed by atoms with Crippen LogP contribution in [0.25, 0.3) is 0 Å². The Morgan fingerprint density at radius 2 is 2.18 bits per heavy atom. The molecule has 22 heavy (non-hydrogen) atoms. The van der Waals surface area contributed by atoms with Crippen molar-refractivity contribution in [3.8, 4) is 5.75 Å². The molecule has 0 fully saturated rings. The van der Waals surface area contributed by atoms with Crippen LogP contribution in [0.1, 0.15) is 23.5 Å². The van der Waals surface area contributed by atoms with Crippen LogP contribution in [-0.2, 0) is 11.2 Å². The molecule has 0 saturated heterocycles. The van der Waals surface area contributed by atoms with Gasteiger partial charge in [-0.15, -0.1) is 11.3 Å². The monoisotopic (exact) mass is 319 g/mol. The Kier molecular flexibility index (Phi) is 5.98. The van der Waals surface area contributed by atoms with Crippen LogP contribution in [0.4, 0.5) is 0 Å². The number of hydrogen-bond donors (Lipinski definition) is 2. The van der Waals surface area contributed by atoms with Crippen LogP contribution in [0, 0.1) is 5.92 Å². The van der Waals surface area contributed by atoms with Gasteiger partial charge in [-0.3, -0.25) is 4.79 Å². The van der Waals surface area contributed by atoms with Gasteiger partial charge in [0.05, 0.1) is 13.2 Å². The van der Waals surface area contributed by atoms with E-state index in [1.165, 1.54) is 4.88 Å². The normalized spacial score (nSPS) is 13.4. The number of aliphatic hydroxyl groups is 1. The van der Waals surface area contributed by atoms with E-state index in [1.807, 2.05) is 42.6 Å². The summed E-state index contributed by atoms with van der Waals surface area (Å²) in [5.41, 5.74) is 0.727. The number of aliphatic hydroxyl groups excluding tert-OH is 1. The fraction of sp³-hybridized carbons (Fsp3) is 0.353. The molecule has 0 aliphatic carbocycles. The lowest BCUT2D eigenvalue weighted by Gasteiger charge is -2.15. The molecule has 0 radical (unpaired) electrons. The molecular weight excluding hydrogens is 298 g/mol. The van der Waals surface area contributed by atoms with Gasteiger partial charge >= 0.3 is 0 Å². The van der Waals surface area contributed by atoms with Gasteiger partial charge in [-0.25, -0.2) is 0 Å². The third kappa shape index (κ3) is 4.58. The SMILES string of the molecule is COc1cccc(C(O)CNC(=O)C(C)Cc2cccs2)c1. The molecule has 1 heterocycles. The molecule has 1 aromatic heterocycles. The van der Waals surface area contributed by atoms with Gasteiger partial charge < -0.3 is 15.2 Å². The molecule has 0 aliphatic rings. The summed E-state index contributed by atoms with van der Waals surface area (Å²) in [5, 5.41) is 15.0. The molecule has 0 bridgehead atoms. The fourth-order valence-electron chi connectivity index (χ4n) is 2.16. The molecule has 2 aromatic rings. The van der Waals surface area contributed by atoms with Crippen molar-refractivity contribution in [2.75, 3.05) is 13.7 Å². The molecule has 2 unspecified atom stereocenters. The number of carbonyl (C=O) groups is 1. The summed E-state index contributed by atoms with van der Waals surface area (Å²) in [6.07, 6.45) is -0.0216. The second-order valence-corrected chi connectivity index (χ2v) is 6.25. The first-order valence-electron chi connectivity index (χ1n) is 7.22. The number of rotatable bonds is 7. The fourth-order valence-corrected chi connectivity index (χ4v) is 3.00. The van der Waals surface area contributed by atoms with Crippen molar-refractivity contribution in [1.29, 1.82) is 0 Å². The second kappa shape index (κ2) is 7.96. The number of nitrogens with one attached hydrogen (secondary N) is 1. The summed E-state index contributed by atoms with van der Waals surface area (Å²) < 4.78 is 5.13. The molecule has 0 spiro atoms. The highest BCUT2D eigenvalue weighted by atomic mass is 32.1. The molecule has 2 N–H and O–H groups in total. The first-order chi connectivity index (χ1) is 10.6. The predicted octanol–water partition coefficient (Wildman–Crippen LogP) is 2.79. The van der Waals surface area contributed by atoms with E-state index in [-0.39, 0.29) is 18.4 Å². The number of ether oxygens (including phenoxy) is 1.